The fraction of sp³-hybridized carbons (Fsp3) is 0.500. The maximum absolute atomic E-state index is 13.3. The predicted octanol–water partition coefficient (Wildman–Crippen LogP) is 2.26. The van der Waals surface area contributed by atoms with Gasteiger partial charge in [0.2, 0.25) is 0 Å². The van der Waals surface area contributed by atoms with E-state index in [2.05, 4.69) is 5.32 Å². The molecule has 0 spiro atoms. The van der Waals surface area contributed by atoms with Gasteiger partial charge in [-0.3, -0.25) is 4.79 Å². The number of amides is 1. The summed E-state index contributed by atoms with van der Waals surface area (Å²) in [4.78, 5) is 11.7. The Labute approximate surface area is 129 Å². The van der Waals surface area contributed by atoms with Crippen molar-refractivity contribution in [3.63, 3.8) is 0 Å². The zero-order chi connectivity index (χ0) is 15.1. The minimum absolute atomic E-state index is 0. The summed E-state index contributed by atoms with van der Waals surface area (Å²) in [7, 11) is 0. The highest BCUT2D eigenvalue weighted by atomic mass is 35.5. The van der Waals surface area contributed by atoms with Crippen LogP contribution in [0.5, 0.6) is 5.75 Å². The van der Waals surface area contributed by atoms with Gasteiger partial charge in [0.15, 0.2) is 18.2 Å². The molecule has 1 atom stereocenters. The smallest absolute Gasteiger partial charge is 0.258 e. The van der Waals surface area contributed by atoms with E-state index >= 15 is 0 Å². The van der Waals surface area contributed by atoms with Gasteiger partial charge in [-0.05, 0) is 24.5 Å². The van der Waals surface area contributed by atoms with Crippen molar-refractivity contribution in [1.29, 1.82) is 0 Å². The fourth-order valence-electron chi connectivity index (χ4n) is 1.79. The first-order chi connectivity index (χ1) is 9.42. The molecule has 1 amide bonds. The molecule has 0 saturated heterocycles. The van der Waals surface area contributed by atoms with E-state index in [0.717, 1.165) is 18.6 Å². The number of nitrogens with one attached hydrogen (secondary N) is 1. The number of halogens is 3. The van der Waals surface area contributed by atoms with Gasteiger partial charge in [0.05, 0.1) is 0 Å². The molecule has 0 bridgehead atoms. The summed E-state index contributed by atoms with van der Waals surface area (Å²) in [6.07, 6.45) is 0.757. The Kier molecular flexibility index (Phi) is 8.89. The van der Waals surface area contributed by atoms with Gasteiger partial charge < -0.3 is 15.8 Å². The molecule has 0 heterocycles. The SMILES string of the molecule is CC(C)CC(CN)NC(=O)COc1ccc(F)cc1F.Cl. The predicted molar refractivity (Wildman–Crippen MR) is 79.5 cm³/mol. The Balaban J connectivity index is 0.00000400. The van der Waals surface area contributed by atoms with Crippen LogP contribution in [0.2, 0.25) is 0 Å². The van der Waals surface area contributed by atoms with Gasteiger partial charge in [0.1, 0.15) is 5.82 Å². The van der Waals surface area contributed by atoms with Gasteiger partial charge in [0.25, 0.3) is 5.91 Å². The van der Waals surface area contributed by atoms with Crippen LogP contribution in [0.25, 0.3) is 0 Å². The van der Waals surface area contributed by atoms with Crippen LogP contribution < -0.4 is 15.8 Å². The second-order valence-corrected chi connectivity index (χ2v) is 4.99. The molecule has 1 unspecified atom stereocenters. The minimum atomic E-state index is -0.838. The van der Waals surface area contributed by atoms with Crippen LogP contribution in [-0.4, -0.2) is 25.1 Å². The maximum atomic E-state index is 13.3. The molecular formula is C14H21ClF2N2O2. The van der Waals surface area contributed by atoms with E-state index in [9.17, 15) is 13.6 Å². The van der Waals surface area contributed by atoms with Crippen LogP contribution in [-0.2, 0) is 4.79 Å². The standard InChI is InChI=1S/C14H20F2N2O2.ClH/c1-9(2)5-11(7-17)18-14(19)8-20-13-4-3-10(15)6-12(13)16;/h3-4,6,9,11H,5,7-8,17H2,1-2H3,(H,18,19);1H. The quantitative estimate of drug-likeness (QED) is 0.809. The molecule has 0 aromatic heterocycles. The van der Waals surface area contributed by atoms with E-state index in [0.29, 0.717) is 18.5 Å². The normalized spacial score (nSPS) is 11.7. The maximum Gasteiger partial charge on any atom is 0.258 e. The van der Waals surface area contributed by atoms with Crippen molar-refractivity contribution in [3.8, 4) is 5.75 Å². The van der Waals surface area contributed by atoms with Gasteiger partial charge in [0, 0.05) is 18.7 Å². The van der Waals surface area contributed by atoms with Crippen molar-refractivity contribution >= 4 is 18.3 Å². The molecule has 3 N–H and O–H groups in total. The van der Waals surface area contributed by atoms with Crippen molar-refractivity contribution in [3.05, 3.63) is 29.8 Å². The lowest BCUT2D eigenvalue weighted by Crippen LogP contribution is -2.43. The molecule has 4 nitrogen and oxygen atoms in total. The highest BCUT2D eigenvalue weighted by Crippen LogP contribution is 2.17. The summed E-state index contributed by atoms with van der Waals surface area (Å²) in [5.41, 5.74) is 5.56. The molecule has 1 rings (SSSR count). The zero-order valence-electron chi connectivity index (χ0n) is 12.1. The molecule has 0 aliphatic heterocycles. The summed E-state index contributed by atoms with van der Waals surface area (Å²) in [5.74, 6) is -1.67. The van der Waals surface area contributed by atoms with Crippen molar-refractivity contribution in [2.75, 3.05) is 13.2 Å². The molecule has 1 aromatic carbocycles. The second-order valence-electron chi connectivity index (χ2n) is 4.99. The Morgan fingerprint density at radius 2 is 2.05 bits per heavy atom. The summed E-state index contributed by atoms with van der Waals surface area (Å²) in [5, 5.41) is 2.71. The Hall–Kier alpha value is -1.40. The van der Waals surface area contributed by atoms with Crippen LogP contribution in [0.1, 0.15) is 20.3 Å². The van der Waals surface area contributed by atoms with Crippen molar-refractivity contribution < 1.29 is 18.3 Å². The first kappa shape index (κ1) is 19.6. The molecule has 0 saturated carbocycles. The van der Waals surface area contributed by atoms with E-state index in [-0.39, 0.29) is 36.7 Å². The molecule has 0 aliphatic rings. The van der Waals surface area contributed by atoms with Gasteiger partial charge in [-0.15, -0.1) is 12.4 Å². The van der Waals surface area contributed by atoms with Gasteiger partial charge in [-0.25, -0.2) is 8.78 Å². The molecule has 7 heteroatoms. The summed E-state index contributed by atoms with van der Waals surface area (Å²) < 4.78 is 31.0. The summed E-state index contributed by atoms with van der Waals surface area (Å²) in [6, 6.07) is 2.78. The van der Waals surface area contributed by atoms with Gasteiger partial charge in [-0.1, -0.05) is 13.8 Å². The number of hydrogen-bond acceptors (Lipinski definition) is 3. The number of carbonyl (C=O) groups is 1. The molecule has 0 aliphatic carbocycles. The highest BCUT2D eigenvalue weighted by molar-refractivity contribution is 5.85. The van der Waals surface area contributed by atoms with Crippen LogP contribution in [0.3, 0.4) is 0 Å². The molecular weight excluding hydrogens is 302 g/mol. The first-order valence-electron chi connectivity index (χ1n) is 6.49. The van der Waals surface area contributed by atoms with E-state index in [4.69, 9.17) is 10.5 Å². The summed E-state index contributed by atoms with van der Waals surface area (Å²) in [6.45, 7) is 4.05. The molecule has 1 aromatic rings. The third-order valence-electron chi connectivity index (χ3n) is 2.66. The number of hydrogen-bond donors (Lipinski definition) is 2. The Morgan fingerprint density at radius 3 is 2.57 bits per heavy atom. The number of ether oxygens (including phenoxy) is 1. The highest BCUT2D eigenvalue weighted by Gasteiger charge is 2.13. The molecule has 0 radical (unpaired) electrons. The number of carbonyl (C=O) groups excluding carboxylic acids is 1. The number of nitrogens with two attached hydrogens (primary N) is 1. The fourth-order valence-corrected chi connectivity index (χ4v) is 1.79. The van der Waals surface area contributed by atoms with Crippen LogP contribution in [0.15, 0.2) is 18.2 Å². The third-order valence-corrected chi connectivity index (χ3v) is 2.66. The van der Waals surface area contributed by atoms with Gasteiger partial charge in [-0.2, -0.15) is 0 Å². The van der Waals surface area contributed by atoms with E-state index in [1.54, 1.807) is 0 Å². The van der Waals surface area contributed by atoms with Crippen LogP contribution in [0, 0.1) is 17.6 Å². The second kappa shape index (κ2) is 9.52. The molecule has 21 heavy (non-hydrogen) atoms. The van der Waals surface area contributed by atoms with Crippen LogP contribution in [0.4, 0.5) is 8.78 Å². The molecule has 0 fully saturated rings. The zero-order valence-corrected chi connectivity index (χ0v) is 12.9. The average molecular weight is 323 g/mol. The minimum Gasteiger partial charge on any atom is -0.481 e. The lowest BCUT2D eigenvalue weighted by atomic mass is 10.0. The lowest BCUT2D eigenvalue weighted by molar-refractivity contribution is -0.123. The Morgan fingerprint density at radius 1 is 1.38 bits per heavy atom. The van der Waals surface area contributed by atoms with Crippen molar-refractivity contribution in [2.45, 2.75) is 26.3 Å². The topological polar surface area (TPSA) is 64.3 Å². The summed E-state index contributed by atoms with van der Waals surface area (Å²) >= 11 is 0. The average Bonchev–Trinajstić information content (AvgIpc) is 2.36. The van der Waals surface area contributed by atoms with Crippen molar-refractivity contribution in [2.24, 2.45) is 11.7 Å². The van der Waals surface area contributed by atoms with E-state index in [1.807, 2.05) is 13.8 Å². The monoisotopic (exact) mass is 322 g/mol. The van der Waals surface area contributed by atoms with Crippen molar-refractivity contribution in [1.82, 2.24) is 5.32 Å². The number of rotatable bonds is 7. The number of benzene rings is 1. The van der Waals surface area contributed by atoms with Crippen LogP contribution >= 0.6 is 12.4 Å². The first-order valence-corrected chi connectivity index (χ1v) is 6.49. The van der Waals surface area contributed by atoms with Gasteiger partial charge >= 0.3 is 0 Å². The van der Waals surface area contributed by atoms with E-state index in [1.165, 1.54) is 0 Å². The van der Waals surface area contributed by atoms with E-state index < -0.39 is 11.6 Å². The third kappa shape index (κ3) is 7.24. The molecule has 120 valence electrons. The lowest BCUT2D eigenvalue weighted by Gasteiger charge is -2.18. The largest absolute Gasteiger partial charge is 0.481 e. The Bertz CT molecular complexity index is 459.